The molecule has 1 atom stereocenters. The number of hydrogen-bond acceptors (Lipinski definition) is 6. The lowest BCUT2D eigenvalue weighted by molar-refractivity contribution is -0.121. The van der Waals surface area contributed by atoms with Crippen LogP contribution in [0.4, 0.5) is 5.69 Å². The van der Waals surface area contributed by atoms with Gasteiger partial charge in [-0.15, -0.1) is 0 Å². The minimum atomic E-state index is -0.692. The molecule has 9 nitrogen and oxygen atoms in total. The molecule has 5 rings (SSSR count). The van der Waals surface area contributed by atoms with E-state index in [1.165, 1.54) is 20.5 Å². The highest BCUT2D eigenvalue weighted by atomic mass is 16.5. The summed E-state index contributed by atoms with van der Waals surface area (Å²) in [6.45, 7) is 0.385. The summed E-state index contributed by atoms with van der Waals surface area (Å²) in [7, 11) is 2.98. The molecule has 0 aliphatic carbocycles. The van der Waals surface area contributed by atoms with Crippen molar-refractivity contribution >= 4 is 23.4 Å². The van der Waals surface area contributed by atoms with Crippen molar-refractivity contribution in [3.05, 3.63) is 77.2 Å². The second-order valence-electron chi connectivity index (χ2n) is 7.94. The fraction of sp³-hybridized carbons (Fsp3) is 0.240. The molecule has 34 heavy (non-hydrogen) atoms. The van der Waals surface area contributed by atoms with Crippen molar-refractivity contribution in [2.24, 2.45) is 0 Å². The molecule has 2 aromatic carbocycles. The van der Waals surface area contributed by atoms with Crippen LogP contribution in [0.25, 0.3) is 0 Å². The van der Waals surface area contributed by atoms with Gasteiger partial charge in [0.15, 0.2) is 11.5 Å². The number of ether oxygens (including phenoxy) is 2. The number of para-hydroxylation sites is 1. The Kier molecular flexibility index (Phi) is 5.45. The van der Waals surface area contributed by atoms with Gasteiger partial charge < -0.3 is 24.1 Å². The molecule has 0 radical (unpaired) electrons. The molecule has 3 aromatic rings. The van der Waals surface area contributed by atoms with E-state index in [1.54, 1.807) is 58.3 Å². The van der Waals surface area contributed by atoms with Crippen LogP contribution < -0.4 is 19.7 Å². The van der Waals surface area contributed by atoms with Crippen LogP contribution >= 0.6 is 0 Å². The summed E-state index contributed by atoms with van der Waals surface area (Å²) in [4.78, 5) is 42.8. The molecule has 0 fully saturated rings. The Balaban J connectivity index is 1.49. The maximum Gasteiger partial charge on any atom is 0.264 e. The van der Waals surface area contributed by atoms with Crippen molar-refractivity contribution in [1.29, 1.82) is 0 Å². The number of methoxy groups -OCH3 is 2. The summed E-state index contributed by atoms with van der Waals surface area (Å²) >= 11 is 0. The number of benzene rings is 2. The number of rotatable bonds is 7. The first-order chi connectivity index (χ1) is 16.5. The smallest absolute Gasteiger partial charge is 0.264 e. The molecule has 3 amide bonds. The van der Waals surface area contributed by atoms with Crippen molar-refractivity contribution in [2.45, 2.75) is 19.1 Å². The van der Waals surface area contributed by atoms with Crippen LogP contribution in [-0.4, -0.2) is 43.4 Å². The van der Waals surface area contributed by atoms with Gasteiger partial charge in [0.1, 0.15) is 11.9 Å². The quantitative estimate of drug-likeness (QED) is 0.580. The first-order valence-corrected chi connectivity index (χ1v) is 10.8. The number of amides is 3. The lowest BCUT2D eigenvalue weighted by Gasteiger charge is -2.40. The number of nitrogens with one attached hydrogen (secondary N) is 1. The standard InChI is InChI=1S/C25H23N3O6/c1-32-19-10-9-17-21(22(19)33-2)25(31)28-18-8-4-3-7-16(18)24(30)27(23(17)28)12-11-20(29)26-14-15-6-5-13-34-15/h3-10,13,23H,11-12,14H2,1-2H3,(H,26,29)/t23-/m1/s1. The highest BCUT2D eigenvalue weighted by Crippen LogP contribution is 2.49. The number of fused-ring (bicyclic) bond motifs is 5. The van der Waals surface area contributed by atoms with Crippen molar-refractivity contribution in [3.63, 3.8) is 0 Å². The van der Waals surface area contributed by atoms with Crippen LogP contribution in [-0.2, 0) is 11.3 Å². The molecular weight excluding hydrogens is 438 g/mol. The fourth-order valence-electron chi connectivity index (χ4n) is 4.56. The number of anilines is 1. The van der Waals surface area contributed by atoms with Gasteiger partial charge in [-0.3, -0.25) is 19.3 Å². The Bertz CT molecular complexity index is 1270. The van der Waals surface area contributed by atoms with E-state index in [0.717, 1.165) is 0 Å². The Labute approximate surface area is 195 Å². The molecule has 0 spiro atoms. The summed E-state index contributed by atoms with van der Waals surface area (Å²) in [5.74, 6) is 0.623. The maximum atomic E-state index is 13.6. The molecule has 0 unspecified atom stereocenters. The number of furan rings is 1. The maximum absolute atomic E-state index is 13.6. The van der Waals surface area contributed by atoms with Gasteiger partial charge in [0.05, 0.1) is 43.8 Å². The van der Waals surface area contributed by atoms with Crippen LogP contribution in [0.15, 0.2) is 59.2 Å². The van der Waals surface area contributed by atoms with Gasteiger partial charge >= 0.3 is 0 Å². The molecule has 2 aliphatic rings. The predicted molar refractivity (Wildman–Crippen MR) is 122 cm³/mol. The zero-order chi connectivity index (χ0) is 23.8. The number of hydrogen-bond donors (Lipinski definition) is 1. The van der Waals surface area contributed by atoms with Gasteiger partial charge in [-0.25, -0.2) is 0 Å². The van der Waals surface area contributed by atoms with Gasteiger partial charge in [-0.05, 0) is 30.3 Å². The Morgan fingerprint density at radius 2 is 1.85 bits per heavy atom. The van der Waals surface area contributed by atoms with Crippen molar-refractivity contribution in [2.75, 3.05) is 25.7 Å². The molecule has 1 aromatic heterocycles. The van der Waals surface area contributed by atoms with Gasteiger partial charge in [0.25, 0.3) is 11.8 Å². The third kappa shape index (κ3) is 3.37. The van der Waals surface area contributed by atoms with E-state index < -0.39 is 6.17 Å². The van der Waals surface area contributed by atoms with Crippen LogP contribution in [0, 0.1) is 0 Å². The zero-order valence-corrected chi connectivity index (χ0v) is 18.7. The van der Waals surface area contributed by atoms with Crippen LogP contribution in [0.2, 0.25) is 0 Å². The molecule has 0 saturated carbocycles. The van der Waals surface area contributed by atoms with Gasteiger partial charge in [0, 0.05) is 18.5 Å². The average molecular weight is 461 g/mol. The van der Waals surface area contributed by atoms with Gasteiger partial charge in [0.2, 0.25) is 5.91 Å². The second kappa shape index (κ2) is 8.58. The summed E-state index contributed by atoms with van der Waals surface area (Å²) in [5.41, 5.74) is 1.91. The first kappa shape index (κ1) is 21.6. The Morgan fingerprint density at radius 1 is 1.03 bits per heavy atom. The average Bonchev–Trinajstić information content (AvgIpc) is 3.48. The van der Waals surface area contributed by atoms with Crippen LogP contribution in [0.5, 0.6) is 11.5 Å². The molecule has 1 N–H and O–H groups in total. The highest BCUT2D eigenvalue weighted by molar-refractivity contribution is 6.18. The van der Waals surface area contributed by atoms with E-state index >= 15 is 0 Å². The predicted octanol–water partition coefficient (Wildman–Crippen LogP) is 3.12. The number of carbonyl (C=O) groups excluding carboxylic acids is 3. The largest absolute Gasteiger partial charge is 0.493 e. The molecule has 174 valence electrons. The van der Waals surface area contributed by atoms with E-state index in [0.29, 0.717) is 39.6 Å². The number of nitrogens with zero attached hydrogens (tertiary/aromatic N) is 2. The minimum absolute atomic E-state index is 0.0652. The molecule has 0 saturated heterocycles. The normalized spacial score (nSPS) is 16.1. The van der Waals surface area contributed by atoms with E-state index in [-0.39, 0.29) is 37.2 Å². The van der Waals surface area contributed by atoms with Gasteiger partial charge in [-0.1, -0.05) is 18.2 Å². The molecular formula is C25H23N3O6. The molecule has 9 heteroatoms. The van der Waals surface area contributed by atoms with E-state index in [2.05, 4.69) is 5.32 Å². The van der Waals surface area contributed by atoms with Crippen molar-refractivity contribution in [3.8, 4) is 11.5 Å². The first-order valence-electron chi connectivity index (χ1n) is 10.8. The summed E-state index contributed by atoms with van der Waals surface area (Å²) in [6, 6.07) is 14.0. The topological polar surface area (TPSA) is 101 Å². The monoisotopic (exact) mass is 461 g/mol. The highest BCUT2D eigenvalue weighted by Gasteiger charge is 2.49. The third-order valence-electron chi connectivity index (χ3n) is 6.10. The van der Waals surface area contributed by atoms with Crippen molar-refractivity contribution < 1.29 is 28.3 Å². The van der Waals surface area contributed by atoms with Crippen molar-refractivity contribution in [1.82, 2.24) is 10.2 Å². The van der Waals surface area contributed by atoms with Gasteiger partial charge in [-0.2, -0.15) is 0 Å². The molecule has 2 aliphatic heterocycles. The third-order valence-corrected chi connectivity index (χ3v) is 6.10. The number of carbonyl (C=O) groups is 3. The molecule has 3 heterocycles. The fourth-order valence-corrected chi connectivity index (χ4v) is 4.56. The SMILES string of the molecule is COc1ccc2c(c1OC)C(=O)N1c3ccccc3C(=O)N(CCC(=O)NCc3ccco3)[C@@H]21. The Hall–Kier alpha value is -4.27. The lowest BCUT2D eigenvalue weighted by atomic mass is 10.0. The minimum Gasteiger partial charge on any atom is -0.493 e. The van der Waals surface area contributed by atoms with Crippen LogP contribution in [0.1, 0.15) is 44.6 Å². The van der Waals surface area contributed by atoms with E-state index in [1.807, 2.05) is 0 Å². The summed E-state index contributed by atoms with van der Waals surface area (Å²) in [5, 5.41) is 2.79. The van der Waals surface area contributed by atoms with E-state index in [9.17, 15) is 14.4 Å². The lowest BCUT2D eigenvalue weighted by Crippen LogP contribution is -2.49. The molecule has 0 bridgehead atoms. The summed E-state index contributed by atoms with van der Waals surface area (Å²) in [6.07, 6.45) is 0.913. The van der Waals surface area contributed by atoms with Crippen LogP contribution in [0.3, 0.4) is 0 Å². The summed E-state index contributed by atoms with van der Waals surface area (Å²) < 4.78 is 16.1. The zero-order valence-electron chi connectivity index (χ0n) is 18.7. The Morgan fingerprint density at radius 3 is 2.59 bits per heavy atom. The second-order valence-corrected chi connectivity index (χ2v) is 7.94. The van der Waals surface area contributed by atoms with E-state index in [4.69, 9.17) is 13.9 Å².